The minimum absolute atomic E-state index is 0.683. The molecule has 0 saturated heterocycles. The van der Waals surface area contributed by atoms with Crippen LogP contribution in [0.5, 0.6) is 0 Å². The Kier molecular flexibility index (Phi) is 4.51. The fraction of sp³-hybridized carbons (Fsp3) is 0.750. The topological polar surface area (TPSA) is 12.0 Å². The Balaban J connectivity index is 1.64. The number of nitrogens with one attached hydrogen (secondary N) is 1. The third kappa shape index (κ3) is 3.17. The van der Waals surface area contributed by atoms with E-state index in [4.69, 9.17) is 11.6 Å². The van der Waals surface area contributed by atoms with Crippen LogP contribution in [0.4, 0.5) is 0 Å². The highest BCUT2D eigenvalue weighted by Crippen LogP contribution is 2.57. The Morgan fingerprint density at radius 2 is 2.05 bits per heavy atom. The third-order valence-electron chi connectivity index (χ3n) is 4.89. The van der Waals surface area contributed by atoms with Gasteiger partial charge in [0.15, 0.2) is 0 Å². The van der Waals surface area contributed by atoms with E-state index in [0.717, 1.165) is 28.6 Å². The molecule has 2 aliphatic carbocycles. The standard InChI is InChI=1S/C16H24ClNS/c1-2-9-18-14(10-11-7-8-15(17)19-11)16-12-5-3-4-6-13(12)16/h7-8,12-14,16,18H,2-6,9-10H2,1H3. The van der Waals surface area contributed by atoms with Crippen molar-refractivity contribution in [3.8, 4) is 0 Å². The van der Waals surface area contributed by atoms with E-state index in [9.17, 15) is 0 Å². The van der Waals surface area contributed by atoms with Gasteiger partial charge < -0.3 is 5.32 Å². The summed E-state index contributed by atoms with van der Waals surface area (Å²) in [4.78, 5) is 1.45. The summed E-state index contributed by atoms with van der Waals surface area (Å²) >= 11 is 7.82. The minimum Gasteiger partial charge on any atom is -0.313 e. The lowest BCUT2D eigenvalue weighted by atomic mass is 10.0. The zero-order chi connectivity index (χ0) is 13.2. The van der Waals surface area contributed by atoms with Crippen LogP contribution in [0.25, 0.3) is 0 Å². The first-order valence-electron chi connectivity index (χ1n) is 7.77. The van der Waals surface area contributed by atoms with Crippen LogP contribution in [0.15, 0.2) is 12.1 Å². The second-order valence-electron chi connectivity index (χ2n) is 6.16. The van der Waals surface area contributed by atoms with Gasteiger partial charge in [-0.1, -0.05) is 31.4 Å². The maximum atomic E-state index is 6.06. The summed E-state index contributed by atoms with van der Waals surface area (Å²) in [7, 11) is 0. The molecule has 2 fully saturated rings. The number of halogens is 1. The molecule has 3 unspecified atom stereocenters. The quantitative estimate of drug-likeness (QED) is 0.799. The molecule has 2 aliphatic rings. The molecule has 0 radical (unpaired) electrons. The van der Waals surface area contributed by atoms with Crippen LogP contribution >= 0.6 is 22.9 Å². The molecule has 2 saturated carbocycles. The maximum absolute atomic E-state index is 6.06. The van der Waals surface area contributed by atoms with Crippen LogP contribution in [0.3, 0.4) is 0 Å². The largest absolute Gasteiger partial charge is 0.313 e. The molecule has 3 atom stereocenters. The van der Waals surface area contributed by atoms with E-state index in [1.54, 1.807) is 11.3 Å². The summed E-state index contributed by atoms with van der Waals surface area (Å²) in [5.41, 5.74) is 0. The second kappa shape index (κ2) is 6.15. The minimum atomic E-state index is 0.683. The predicted octanol–water partition coefficient (Wildman–Crippen LogP) is 4.75. The Labute approximate surface area is 125 Å². The Morgan fingerprint density at radius 1 is 1.32 bits per heavy atom. The number of rotatable bonds is 6. The van der Waals surface area contributed by atoms with Gasteiger partial charge in [0.2, 0.25) is 0 Å². The van der Waals surface area contributed by atoms with Crippen LogP contribution in [0, 0.1) is 17.8 Å². The van der Waals surface area contributed by atoms with Crippen molar-refractivity contribution in [1.82, 2.24) is 5.32 Å². The summed E-state index contributed by atoms with van der Waals surface area (Å²) in [6, 6.07) is 4.93. The van der Waals surface area contributed by atoms with E-state index in [2.05, 4.69) is 18.3 Å². The van der Waals surface area contributed by atoms with Gasteiger partial charge in [-0.15, -0.1) is 11.3 Å². The molecule has 106 valence electrons. The molecule has 0 spiro atoms. The van der Waals surface area contributed by atoms with E-state index in [1.165, 1.54) is 43.4 Å². The van der Waals surface area contributed by atoms with Crippen LogP contribution in [0.1, 0.15) is 43.9 Å². The van der Waals surface area contributed by atoms with E-state index in [0.29, 0.717) is 6.04 Å². The molecule has 19 heavy (non-hydrogen) atoms. The fourth-order valence-electron chi connectivity index (χ4n) is 4.00. The molecule has 0 bridgehead atoms. The second-order valence-corrected chi connectivity index (χ2v) is 7.96. The van der Waals surface area contributed by atoms with Gasteiger partial charge in [-0.3, -0.25) is 0 Å². The van der Waals surface area contributed by atoms with E-state index >= 15 is 0 Å². The van der Waals surface area contributed by atoms with Crippen molar-refractivity contribution in [3.05, 3.63) is 21.3 Å². The summed E-state index contributed by atoms with van der Waals surface area (Å²) < 4.78 is 0.928. The van der Waals surface area contributed by atoms with Crippen molar-refractivity contribution in [3.63, 3.8) is 0 Å². The van der Waals surface area contributed by atoms with Crippen molar-refractivity contribution in [2.75, 3.05) is 6.54 Å². The number of hydrogen-bond acceptors (Lipinski definition) is 2. The summed E-state index contributed by atoms with van der Waals surface area (Å²) in [6.07, 6.45) is 8.28. The van der Waals surface area contributed by atoms with Gasteiger partial charge in [-0.25, -0.2) is 0 Å². The van der Waals surface area contributed by atoms with E-state index < -0.39 is 0 Å². The number of hydrogen-bond donors (Lipinski definition) is 1. The van der Waals surface area contributed by atoms with Crippen molar-refractivity contribution in [2.24, 2.45) is 17.8 Å². The average Bonchev–Trinajstić information content (AvgIpc) is 3.01. The zero-order valence-electron chi connectivity index (χ0n) is 11.7. The Bertz CT molecular complexity index is 405. The van der Waals surface area contributed by atoms with Gasteiger partial charge >= 0.3 is 0 Å². The molecule has 0 amide bonds. The molecular formula is C16H24ClNS. The lowest BCUT2D eigenvalue weighted by molar-refractivity contribution is 0.430. The number of thiophene rings is 1. The molecule has 0 aliphatic heterocycles. The van der Waals surface area contributed by atoms with Crippen LogP contribution in [0.2, 0.25) is 4.34 Å². The van der Waals surface area contributed by atoms with Crippen molar-refractivity contribution >= 4 is 22.9 Å². The molecular weight excluding hydrogens is 274 g/mol. The SMILES string of the molecule is CCCNC(Cc1ccc(Cl)s1)C1C2CCCCC21. The van der Waals surface area contributed by atoms with Gasteiger partial charge in [0, 0.05) is 10.9 Å². The Morgan fingerprint density at radius 3 is 2.63 bits per heavy atom. The zero-order valence-corrected chi connectivity index (χ0v) is 13.3. The number of fused-ring (bicyclic) bond motifs is 1. The maximum Gasteiger partial charge on any atom is 0.0931 e. The first kappa shape index (κ1) is 13.9. The van der Waals surface area contributed by atoms with Crippen molar-refractivity contribution in [1.29, 1.82) is 0 Å². The predicted molar refractivity (Wildman–Crippen MR) is 84.1 cm³/mol. The van der Waals surface area contributed by atoms with Crippen LogP contribution in [-0.4, -0.2) is 12.6 Å². The molecule has 1 heterocycles. The van der Waals surface area contributed by atoms with Gasteiger partial charge in [0.25, 0.3) is 0 Å². The van der Waals surface area contributed by atoms with Crippen molar-refractivity contribution in [2.45, 2.75) is 51.5 Å². The van der Waals surface area contributed by atoms with Gasteiger partial charge in [0.05, 0.1) is 4.34 Å². The molecule has 1 aromatic heterocycles. The van der Waals surface area contributed by atoms with E-state index in [-0.39, 0.29) is 0 Å². The smallest absolute Gasteiger partial charge is 0.0931 e. The van der Waals surface area contributed by atoms with Gasteiger partial charge in [-0.2, -0.15) is 0 Å². The summed E-state index contributed by atoms with van der Waals surface area (Å²) in [5.74, 6) is 2.99. The normalized spacial score (nSPS) is 30.9. The highest BCUT2D eigenvalue weighted by Gasteiger charge is 2.53. The highest BCUT2D eigenvalue weighted by molar-refractivity contribution is 7.16. The first-order chi connectivity index (χ1) is 9.29. The van der Waals surface area contributed by atoms with Crippen molar-refractivity contribution < 1.29 is 0 Å². The molecule has 3 heteroatoms. The molecule has 1 nitrogen and oxygen atoms in total. The lowest BCUT2D eigenvalue weighted by Crippen LogP contribution is -2.34. The highest BCUT2D eigenvalue weighted by atomic mass is 35.5. The van der Waals surface area contributed by atoms with Gasteiger partial charge in [-0.05, 0) is 62.1 Å². The molecule has 0 aromatic carbocycles. The third-order valence-corrected chi connectivity index (χ3v) is 6.15. The molecule has 1 aromatic rings. The first-order valence-corrected chi connectivity index (χ1v) is 8.96. The summed E-state index contributed by atoms with van der Waals surface area (Å²) in [6.45, 7) is 3.41. The van der Waals surface area contributed by atoms with Gasteiger partial charge in [0.1, 0.15) is 0 Å². The lowest BCUT2D eigenvalue weighted by Gasteiger charge is -2.18. The Hall–Kier alpha value is -0.0500. The molecule has 1 N–H and O–H groups in total. The monoisotopic (exact) mass is 297 g/mol. The average molecular weight is 298 g/mol. The fourth-order valence-corrected chi connectivity index (χ4v) is 5.14. The molecule has 3 rings (SSSR count). The van der Waals surface area contributed by atoms with E-state index in [1.807, 2.05) is 6.07 Å². The summed E-state index contributed by atoms with van der Waals surface area (Å²) in [5, 5.41) is 3.81. The van der Waals surface area contributed by atoms with Crippen LogP contribution < -0.4 is 5.32 Å². The van der Waals surface area contributed by atoms with Crippen LogP contribution in [-0.2, 0) is 6.42 Å².